The van der Waals surface area contributed by atoms with Gasteiger partial charge in [-0.25, -0.2) is 0 Å². The second-order valence-corrected chi connectivity index (χ2v) is 6.45. The largest absolute Gasteiger partial charge is 0.294 e. The van der Waals surface area contributed by atoms with Gasteiger partial charge in [-0.3, -0.25) is 5.32 Å². The highest BCUT2D eigenvalue weighted by Crippen LogP contribution is 2.38. The Bertz CT molecular complexity index is 130. The quantitative estimate of drug-likeness (QED) is 0.759. The van der Waals surface area contributed by atoms with Crippen LogP contribution < -0.4 is 5.32 Å². The normalized spacial score (nSPS) is 36.8. The van der Waals surface area contributed by atoms with Crippen LogP contribution in [0.3, 0.4) is 0 Å². The van der Waals surface area contributed by atoms with Gasteiger partial charge < -0.3 is 0 Å². The Hall–Kier alpha value is 0.660. The highest BCUT2D eigenvalue weighted by molar-refractivity contribution is 8.18. The summed E-state index contributed by atoms with van der Waals surface area (Å²) in [6, 6.07) is 0. The molecule has 1 aliphatic rings. The van der Waals surface area contributed by atoms with E-state index in [0.29, 0.717) is 10.7 Å². The van der Waals surface area contributed by atoms with Crippen molar-refractivity contribution in [2.45, 2.75) is 55.4 Å². The molecule has 0 saturated carbocycles. The van der Waals surface area contributed by atoms with Gasteiger partial charge in [0.1, 0.15) is 0 Å². The molecule has 1 nitrogen and oxygen atoms in total. The van der Waals surface area contributed by atoms with Gasteiger partial charge >= 0.3 is 0 Å². The summed E-state index contributed by atoms with van der Waals surface area (Å²) in [7, 11) is 0. The minimum Gasteiger partial charge on any atom is -0.294 e. The molecule has 0 aromatic carbocycles. The average Bonchev–Trinajstić information content (AvgIpc) is 2.04. The Balaban J connectivity index is 2.34. The maximum Gasteiger partial charge on any atom is 0.0549 e. The van der Waals surface area contributed by atoms with E-state index in [1.54, 1.807) is 0 Å². The van der Waals surface area contributed by atoms with E-state index in [9.17, 15) is 0 Å². The van der Waals surface area contributed by atoms with Gasteiger partial charge in [-0.15, -0.1) is 23.5 Å². The molecule has 1 rings (SSSR count). The summed E-state index contributed by atoms with van der Waals surface area (Å²) in [5.74, 6) is 0. The van der Waals surface area contributed by atoms with Crippen LogP contribution in [0.25, 0.3) is 0 Å². The molecule has 0 bridgehead atoms. The minimum absolute atomic E-state index is 0.646. The van der Waals surface area contributed by atoms with E-state index in [1.807, 2.05) is 0 Å². The Morgan fingerprint density at radius 3 is 2.58 bits per heavy atom. The van der Waals surface area contributed by atoms with Gasteiger partial charge in [-0.2, -0.15) is 0 Å². The molecule has 1 heterocycles. The van der Waals surface area contributed by atoms with Crippen LogP contribution in [0.2, 0.25) is 0 Å². The van der Waals surface area contributed by atoms with Crippen molar-refractivity contribution in [1.29, 1.82) is 0 Å². The van der Waals surface area contributed by atoms with Crippen molar-refractivity contribution in [3.63, 3.8) is 0 Å². The number of hydrogen-bond acceptors (Lipinski definition) is 3. The Kier molecular flexibility index (Phi) is 4.84. The molecule has 1 fully saturated rings. The first kappa shape index (κ1) is 10.7. The van der Waals surface area contributed by atoms with E-state index in [-0.39, 0.29) is 0 Å². The average molecular weight is 205 g/mol. The first-order valence-corrected chi connectivity index (χ1v) is 6.71. The Morgan fingerprint density at radius 1 is 1.25 bits per heavy atom. The van der Waals surface area contributed by atoms with Gasteiger partial charge in [0.2, 0.25) is 0 Å². The summed E-state index contributed by atoms with van der Waals surface area (Å²) >= 11 is 4.19. The third-order valence-electron chi connectivity index (χ3n) is 1.99. The lowest BCUT2D eigenvalue weighted by Gasteiger charge is -2.33. The number of thioether (sulfide) groups is 2. The number of nitrogens with one attached hydrogen (secondary N) is 1. The predicted molar refractivity (Wildman–Crippen MR) is 60.6 cm³/mol. The molecular weight excluding hydrogens is 186 g/mol. The molecular formula is C9H19NS2. The van der Waals surface area contributed by atoms with Crippen molar-refractivity contribution in [1.82, 2.24) is 5.32 Å². The van der Waals surface area contributed by atoms with E-state index in [4.69, 9.17) is 0 Å². The van der Waals surface area contributed by atoms with Crippen LogP contribution in [-0.2, 0) is 0 Å². The molecule has 3 heteroatoms. The summed E-state index contributed by atoms with van der Waals surface area (Å²) in [6.45, 7) is 6.81. The summed E-state index contributed by atoms with van der Waals surface area (Å²) in [6.07, 6.45) is 3.92. The third kappa shape index (κ3) is 3.19. The van der Waals surface area contributed by atoms with Gasteiger partial charge in [0.15, 0.2) is 0 Å². The topological polar surface area (TPSA) is 12.0 Å². The summed E-state index contributed by atoms with van der Waals surface area (Å²) in [5.41, 5.74) is 0. The maximum atomic E-state index is 3.58. The lowest BCUT2D eigenvalue weighted by atomic mass is 10.4. The minimum atomic E-state index is 0.646. The Morgan fingerprint density at radius 2 is 2.00 bits per heavy atom. The monoisotopic (exact) mass is 205 g/mol. The van der Waals surface area contributed by atoms with E-state index in [0.717, 1.165) is 4.58 Å². The predicted octanol–water partition coefficient (Wildman–Crippen LogP) is 3.26. The molecule has 72 valence electrons. The molecule has 3 atom stereocenters. The number of hydrogen-bond donors (Lipinski definition) is 1. The fourth-order valence-corrected chi connectivity index (χ4v) is 4.90. The molecule has 1 saturated heterocycles. The molecule has 12 heavy (non-hydrogen) atoms. The van der Waals surface area contributed by atoms with Crippen LogP contribution in [-0.4, -0.2) is 15.3 Å². The molecule has 0 aromatic rings. The van der Waals surface area contributed by atoms with Crippen LogP contribution in [0.15, 0.2) is 0 Å². The third-order valence-corrected chi connectivity index (χ3v) is 5.08. The van der Waals surface area contributed by atoms with Crippen molar-refractivity contribution >= 4 is 23.5 Å². The molecule has 0 amide bonds. The van der Waals surface area contributed by atoms with Gasteiger partial charge in [0, 0.05) is 0 Å². The van der Waals surface area contributed by atoms with Crippen molar-refractivity contribution in [3.05, 3.63) is 0 Å². The van der Waals surface area contributed by atoms with Gasteiger partial charge in [-0.1, -0.05) is 20.3 Å². The molecule has 1 N–H and O–H groups in total. The fourth-order valence-electron chi connectivity index (χ4n) is 1.37. The van der Waals surface area contributed by atoms with Crippen LogP contribution in [0.5, 0.6) is 0 Å². The lowest BCUT2D eigenvalue weighted by Crippen LogP contribution is -2.38. The number of rotatable bonds is 3. The van der Waals surface area contributed by atoms with Gasteiger partial charge in [0.05, 0.1) is 15.3 Å². The van der Waals surface area contributed by atoms with Crippen LogP contribution in [0.1, 0.15) is 40.0 Å². The lowest BCUT2D eigenvalue weighted by molar-refractivity contribution is 0.618. The molecule has 0 aromatic heterocycles. The van der Waals surface area contributed by atoms with Crippen molar-refractivity contribution in [2.75, 3.05) is 0 Å². The summed E-state index contributed by atoms with van der Waals surface area (Å²) < 4.78 is 0.830. The van der Waals surface area contributed by atoms with Crippen molar-refractivity contribution < 1.29 is 0 Å². The first-order valence-electron chi connectivity index (χ1n) is 4.83. The second-order valence-electron chi connectivity index (χ2n) is 3.20. The van der Waals surface area contributed by atoms with Crippen LogP contribution in [0, 0.1) is 0 Å². The van der Waals surface area contributed by atoms with Crippen molar-refractivity contribution in [3.8, 4) is 0 Å². The molecule has 3 unspecified atom stereocenters. The highest BCUT2D eigenvalue weighted by atomic mass is 32.2. The zero-order valence-electron chi connectivity index (χ0n) is 8.17. The van der Waals surface area contributed by atoms with Gasteiger partial charge in [-0.05, 0) is 19.8 Å². The molecule has 0 radical (unpaired) electrons. The van der Waals surface area contributed by atoms with Crippen molar-refractivity contribution in [2.24, 2.45) is 0 Å². The van der Waals surface area contributed by atoms with E-state index >= 15 is 0 Å². The SMILES string of the molecule is CCCC1SC(C)NC(CC)S1. The fraction of sp³-hybridized carbons (Fsp3) is 1.00. The zero-order valence-corrected chi connectivity index (χ0v) is 9.80. The zero-order chi connectivity index (χ0) is 8.97. The van der Waals surface area contributed by atoms with E-state index in [2.05, 4.69) is 49.6 Å². The van der Waals surface area contributed by atoms with Gasteiger partial charge in [0.25, 0.3) is 0 Å². The summed E-state index contributed by atoms with van der Waals surface area (Å²) in [4.78, 5) is 0. The Labute approximate surface area is 84.4 Å². The highest BCUT2D eigenvalue weighted by Gasteiger charge is 2.24. The maximum absolute atomic E-state index is 3.58. The van der Waals surface area contributed by atoms with E-state index < -0.39 is 0 Å². The standard InChI is InChI=1S/C9H19NS2/c1-4-6-9-11-7(3)10-8(5-2)12-9/h7-10H,4-6H2,1-3H3. The second kappa shape index (κ2) is 5.40. The molecule has 0 spiro atoms. The molecule has 0 aliphatic carbocycles. The van der Waals surface area contributed by atoms with E-state index in [1.165, 1.54) is 19.3 Å². The smallest absolute Gasteiger partial charge is 0.0549 e. The molecule has 1 aliphatic heterocycles. The van der Waals surface area contributed by atoms with Crippen LogP contribution >= 0.6 is 23.5 Å². The first-order chi connectivity index (χ1) is 5.76. The summed E-state index contributed by atoms with van der Waals surface area (Å²) in [5, 5.41) is 4.92. The van der Waals surface area contributed by atoms with Crippen LogP contribution in [0.4, 0.5) is 0 Å².